The van der Waals surface area contributed by atoms with Crippen molar-refractivity contribution < 1.29 is 14.3 Å². The third-order valence-electron chi connectivity index (χ3n) is 5.76. The van der Waals surface area contributed by atoms with E-state index in [9.17, 15) is 4.79 Å². The van der Waals surface area contributed by atoms with E-state index in [1.165, 1.54) is 5.56 Å². The molecule has 0 bridgehead atoms. The number of para-hydroxylation sites is 2. The predicted molar refractivity (Wildman–Crippen MR) is 134 cm³/mol. The number of imidazole rings is 1. The lowest BCUT2D eigenvalue weighted by molar-refractivity contribution is -0.120. The Morgan fingerprint density at radius 2 is 1.71 bits per heavy atom. The number of hydrogen-bond donors (Lipinski definition) is 1. The molecule has 0 spiro atoms. The maximum absolute atomic E-state index is 12.3. The molecular weight excluding hydrogens is 426 g/mol. The lowest BCUT2D eigenvalue weighted by atomic mass is 10.1. The van der Waals surface area contributed by atoms with Gasteiger partial charge >= 0.3 is 0 Å². The monoisotopic (exact) mass is 457 g/mol. The first kappa shape index (κ1) is 23.4. The number of ether oxygens (including phenoxy) is 2. The van der Waals surface area contributed by atoms with Gasteiger partial charge in [0, 0.05) is 13.0 Å². The zero-order valence-electron chi connectivity index (χ0n) is 19.8. The van der Waals surface area contributed by atoms with Crippen LogP contribution in [0.5, 0.6) is 11.5 Å². The third kappa shape index (κ3) is 6.16. The highest BCUT2D eigenvalue weighted by atomic mass is 16.5. The summed E-state index contributed by atoms with van der Waals surface area (Å²) in [6.45, 7) is 3.95. The molecular formula is C28H31N3O3. The van der Waals surface area contributed by atoms with Crippen LogP contribution in [0.4, 0.5) is 0 Å². The fourth-order valence-corrected chi connectivity index (χ4v) is 3.92. The Labute approximate surface area is 200 Å². The Bertz CT molecular complexity index is 1210. The number of methoxy groups -OCH3 is 1. The maximum atomic E-state index is 12.3. The maximum Gasteiger partial charge on any atom is 0.224 e. The highest BCUT2D eigenvalue weighted by Crippen LogP contribution is 2.18. The zero-order chi connectivity index (χ0) is 23.8. The highest BCUT2D eigenvalue weighted by molar-refractivity contribution is 5.78. The number of aromatic nitrogens is 2. The fraction of sp³-hybridized carbons (Fsp3) is 0.286. The molecule has 0 fully saturated rings. The lowest BCUT2D eigenvalue weighted by Crippen LogP contribution is -2.26. The minimum absolute atomic E-state index is 0.0187. The Hall–Kier alpha value is -3.80. The van der Waals surface area contributed by atoms with Crippen molar-refractivity contribution in [3.05, 3.63) is 89.7 Å². The van der Waals surface area contributed by atoms with Crippen LogP contribution in [0.1, 0.15) is 23.4 Å². The molecule has 1 heterocycles. The zero-order valence-corrected chi connectivity index (χ0v) is 19.8. The van der Waals surface area contributed by atoms with Crippen molar-refractivity contribution in [2.45, 2.75) is 32.7 Å². The van der Waals surface area contributed by atoms with Crippen LogP contribution in [0.25, 0.3) is 11.0 Å². The molecule has 0 unspecified atom stereocenters. The number of hydrogen-bond acceptors (Lipinski definition) is 4. The van der Waals surface area contributed by atoms with E-state index in [4.69, 9.17) is 14.5 Å². The third-order valence-corrected chi connectivity index (χ3v) is 5.76. The molecule has 0 aliphatic carbocycles. The van der Waals surface area contributed by atoms with Crippen LogP contribution in [-0.4, -0.2) is 35.7 Å². The van der Waals surface area contributed by atoms with E-state index in [2.05, 4.69) is 35.0 Å². The molecule has 0 saturated carbocycles. The number of fused-ring (bicyclic) bond motifs is 1. The van der Waals surface area contributed by atoms with Gasteiger partial charge in [0.05, 0.1) is 31.1 Å². The molecule has 4 aromatic rings. The van der Waals surface area contributed by atoms with E-state index in [0.29, 0.717) is 26.1 Å². The van der Waals surface area contributed by atoms with Crippen molar-refractivity contribution in [3.63, 3.8) is 0 Å². The Balaban J connectivity index is 1.30. The van der Waals surface area contributed by atoms with Crippen molar-refractivity contribution in [1.29, 1.82) is 0 Å². The van der Waals surface area contributed by atoms with Gasteiger partial charge in [0.1, 0.15) is 23.9 Å². The van der Waals surface area contributed by atoms with Gasteiger partial charge < -0.3 is 19.4 Å². The summed E-state index contributed by atoms with van der Waals surface area (Å²) in [6, 6.07) is 23.8. The molecule has 1 N–H and O–H groups in total. The predicted octanol–water partition coefficient (Wildman–Crippen LogP) is 4.72. The summed E-state index contributed by atoms with van der Waals surface area (Å²) in [7, 11) is 1.63. The van der Waals surface area contributed by atoms with Crippen molar-refractivity contribution in [2.75, 3.05) is 20.3 Å². The van der Waals surface area contributed by atoms with Gasteiger partial charge in [-0.25, -0.2) is 4.98 Å². The first-order valence-electron chi connectivity index (χ1n) is 11.7. The molecule has 4 rings (SSSR count). The molecule has 6 nitrogen and oxygen atoms in total. The number of nitrogens with one attached hydrogen (secondary N) is 1. The number of amides is 1. The molecule has 176 valence electrons. The molecule has 0 saturated heterocycles. The normalized spacial score (nSPS) is 10.9. The van der Waals surface area contributed by atoms with E-state index < -0.39 is 0 Å². The topological polar surface area (TPSA) is 65.4 Å². The number of aryl methyl sites for hydroxylation is 2. The molecule has 1 aromatic heterocycles. The van der Waals surface area contributed by atoms with Crippen molar-refractivity contribution in [3.8, 4) is 11.5 Å². The summed E-state index contributed by atoms with van der Waals surface area (Å²) in [4.78, 5) is 17.1. The SMILES string of the molecule is COc1ccc(CC(=O)NCCCc2nc3ccccc3n2CCOc2ccc(C)cc2)cc1. The number of carbonyl (C=O) groups excluding carboxylic acids is 1. The van der Waals surface area contributed by atoms with Crippen molar-refractivity contribution >= 4 is 16.9 Å². The Morgan fingerprint density at radius 1 is 0.971 bits per heavy atom. The van der Waals surface area contributed by atoms with Crippen LogP contribution in [0.3, 0.4) is 0 Å². The van der Waals surface area contributed by atoms with Crippen LogP contribution in [0, 0.1) is 6.92 Å². The first-order valence-corrected chi connectivity index (χ1v) is 11.7. The molecule has 3 aromatic carbocycles. The van der Waals surface area contributed by atoms with Crippen LogP contribution in [0.15, 0.2) is 72.8 Å². The second-order valence-corrected chi connectivity index (χ2v) is 8.31. The summed E-state index contributed by atoms with van der Waals surface area (Å²) < 4.78 is 13.3. The first-order chi connectivity index (χ1) is 16.6. The summed E-state index contributed by atoms with van der Waals surface area (Å²) in [5.41, 5.74) is 4.27. The standard InChI is InChI=1S/C28H31N3O3/c1-21-9-13-24(14-10-21)34-19-18-31-26-7-4-3-6-25(26)30-27(31)8-5-17-29-28(32)20-22-11-15-23(33-2)16-12-22/h3-4,6-7,9-16H,5,8,17-20H2,1-2H3,(H,29,32). The van der Waals surface area contributed by atoms with Gasteiger partial charge in [-0.05, 0) is 55.3 Å². The highest BCUT2D eigenvalue weighted by Gasteiger charge is 2.11. The largest absolute Gasteiger partial charge is 0.497 e. The van der Waals surface area contributed by atoms with Crippen molar-refractivity contribution in [1.82, 2.24) is 14.9 Å². The van der Waals surface area contributed by atoms with E-state index in [1.54, 1.807) is 7.11 Å². The number of rotatable bonds is 11. The lowest BCUT2D eigenvalue weighted by Gasteiger charge is -2.11. The van der Waals surface area contributed by atoms with Gasteiger partial charge in [-0.15, -0.1) is 0 Å². The number of carbonyl (C=O) groups is 1. The van der Waals surface area contributed by atoms with Gasteiger partial charge in [-0.2, -0.15) is 0 Å². The van der Waals surface area contributed by atoms with Crippen LogP contribution >= 0.6 is 0 Å². The number of nitrogens with zero attached hydrogens (tertiary/aromatic N) is 2. The second kappa shape index (κ2) is 11.4. The van der Waals surface area contributed by atoms with E-state index in [-0.39, 0.29) is 5.91 Å². The minimum Gasteiger partial charge on any atom is -0.497 e. The average Bonchev–Trinajstić information content (AvgIpc) is 3.21. The van der Waals surface area contributed by atoms with E-state index in [0.717, 1.165) is 46.8 Å². The number of benzene rings is 3. The van der Waals surface area contributed by atoms with Gasteiger partial charge in [0.2, 0.25) is 5.91 Å². The Morgan fingerprint density at radius 3 is 2.47 bits per heavy atom. The molecule has 0 atom stereocenters. The fourth-order valence-electron chi connectivity index (χ4n) is 3.92. The smallest absolute Gasteiger partial charge is 0.224 e. The summed E-state index contributed by atoms with van der Waals surface area (Å²) in [6.07, 6.45) is 1.96. The van der Waals surface area contributed by atoms with Gasteiger partial charge in [0.25, 0.3) is 0 Å². The Kier molecular flexibility index (Phi) is 7.81. The van der Waals surface area contributed by atoms with E-state index >= 15 is 0 Å². The van der Waals surface area contributed by atoms with Crippen molar-refractivity contribution in [2.24, 2.45) is 0 Å². The second-order valence-electron chi connectivity index (χ2n) is 8.31. The van der Waals surface area contributed by atoms with Crippen LogP contribution in [0.2, 0.25) is 0 Å². The molecule has 34 heavy (non-hydrogen) atoms. The molecule has 1 amide bonds. The molecule has 0 radical (unpaired) electrons. The molecule has 6 heteroatoms. The van der Waals surface area contributed by atoms with Gasteiger partial charge in [-0.1, -0.05) is 42.0 Å². The molecule has 0 aliphatic rings. The van der Waals surface area contributed by atoms with Crippen LogP contribution in [-0.2, 0) is 24.2 Å². The molecule has 0 aliphatic heterocycles. The summed E-state index contributed by atoms with van der Waals surface area (Å²) in [5.74, 6) is 2.69. The van der Waals surface area contributed by atoms with E-state index in [1.807, 2.05) is 54.6 Å². The van der Waals surface area contributed by atoms with Crippen LogP contribution < -0.4 is 14.8 Å². The average molecular weight is 458 g/mol. The summed E-state index contributed by atoms with van der Waals surface area (Å²) >= 11 is 0. The van der Waals surface area contributed by atoms with Gasteiger partial charge in [0.15, 0.2) is 0 Å². The van der Waals surface area contributed by atoms with Gasteiger partial charge in [-0.3, -0.25) is 4.79 Å². The summed E-state index contributed by atoms with van der Waals surface area (Å²) in [5, 5.41) is 3.02. The minimum atomic E-state index is 0.0187. The quantitative estimate of drug-likeness (QED) is 0.331.